The number of aromatic nitrogens is 1. The summed E-state index contributed by atoms with van der Waals surface area (Å²) in [5.41, 5.74) is 0.845. The minimum absolute atomic E-state index is 0.0417. The average Bonchev–Trinajstić information content (AvgIpc) is 2.26. The summed E-state index contributed by atoms with van der Waals surface area (Å²) < 4.78 is 0. The second-order valence-electron chi connectivity index (χ2n) is 3.08. The highest BCUT2D eigenvalue weighted by molar-refractivity contribution is 5.86. The number of hydrogen-bond donors (Lipinski definition) is 1. The van der Waals surface area contributed by atoms with Crippen LogP contribution in [0.2, 0.25) is 0 Å². The lowest BCUT2D eigenvalue weighted by atomic mass is 10.3. The van der Waals surface area contributed by atoms with E-state index in [-0.39, 0.29) is 5.69 Å². The third kappa shape index (κ3) is 2.99. The lowest BCUT2D eigenvalue weighted by molar-refractivity contribution is 0.0690. The van der Waals surface area contributed by atoms with E-state index in [1.54, 1.807) is 6.07 Å². The molecule has 4 nitrogen and oxygen atoms in total. The van der Waals surface area contributed by atoms with Crippen LogP contribution in [0.5, 0.6) is 0 Å². The molecule has 1 aromatic rings. The largest absolute Gasteiger partial charge is 0.477 e. The molecule has 15 heavy (non-hydrogen) atoms. The molecule has 0 saturated heterocycles. The molecular formula is C11H12N2O2. The Bertz CT molecular complexity index is 396. The van der Waals surface area contributed by atoms with E-state index in [0.717, 1.165) is 5.69 Å². The van der Waals surface area contributed by atoms with Crippen LogP contribution in [0.25, 0.3) is 0 Å². The summed E-state index contributed by atoms with van der Waals surface area (Å²) in [5, 5.41) is 8.75. The molecule has 0 fully saturated rings. The lowest BCUT2D eigenvalue weighted by Gasteiger charge is -2.17. The molecule has 0 atom stereocenters. The standard InChI is InChI=1S/C11H12N2O2/c1-3-4-7-13(2)9-5-6-12-10(8-9)11(14)15/h1,5-6,8H,4,7H2,2H3,(H,14,15). The van der Waals surface area contributed by atoms with Crippen LogP contribution in [0.3, 0.4) is 0 Å². The molecule has 1 aromatic heterocycles. The van der Waals surface area contributed by atoms with E-state index >= 15 is 0 Å². The zero-order valence-corrected chi connectivity index (χ0v) is 8.47. The van der Waals surface area contributed by atoms with E-state index in [0.29, 0.717) is 13.0 Å². The molecular weight excluding hydrogens is 192 g/mol. The fourth-order valence-corrected chi connectivity index (χ4v) is 1.14. The van der Waals surface area contributed by atoms with Gasteiger partial charge in [-0.3, -0.25) is 0 Å². The number of carbonyl (C=O) groups is 1. The van der Waals surface area contributed by atoms with Crippen molar-refractivity contribution in [1.82, 2.24) is 4.98 Å². The summed E-state index contributed by atoms with van der Waals surface area (Å²) >= 11 is 0. The van der Waals surface area contributed by atoms with Crippen molar-refractivity contribution in [2.75, 3.05) is 18.5 Å². The molecule has 0 aliphatic rings. The molecule has 1 N–H and O–H groups in total. The van der Waals surface area contributed by atoms with E-state index in [1.807, 2.05) is 11.9 Å². The molecule has 0 saturated carbocycles. The second-order valence-corrected chi connectivity index (χ2v) is 3.08. The first-order chi connectivity index (χ1) is 7.15. The van der Waals surface area contributed by atoms with Gasteiger partial charge in [0.1, 0.15) is 5.69 Å². The summed E-state index contributed by atoms with van der Waals surface area (Å²) in [6, 6.07) is 3.28. The maximum absolute atomic E-state index is 10.7. The molecule has 0 unspecified atom stereocenters. The van der Waals surface area contributed by atoms with E-state index < -0.39 is 5.97 Å². The Hall–Kier alpha value is -2.02. The second kappa shape index (κ2) is 5.01. The number of carboxylic acids is 1. The molecule has 78 valence electrons. The van der Waals surface area contributed by atoms with Gasteiger partial charge in [0.15, 0.2) is 0 Å². The molecule has 0 aliphatic carbocycles. The Morgan fingerprint density at radius 2 is 2.47 bits per heavy atom. The smallest absolute Gasteiger partial charge is 0.354 e. The van der Waals surface area contributed by atoms with Gasteiger partial charge in [0.25, 0.3) is 0 Å². The molecule has 0 aliphatic heterocycles. The number of rotatable bonds is 4. The quantitative estimate of drug-likeness (QED) is 0.750. The van der Waals surface area contributed by atoms with Crippen molar-refractivity contribution in [3.8, 4) is 12.3 Å². The first kappa shape index (κ1) is 11.1. The third-order valence-corrected chi connectivity index (χ3v) is 1.99. The van der Waals surface area contributed by atoms with Crippen LogP contribution < -0.4 is 4.90 Å². The van der Waals surface area contributed by atoms with Crippen molar-refractivity contribution in [3.05, 3.63) is 24.0 Å². The van der Waals surface area contributed by atoms with Crippen LogP contribution in [-0.4, -0.2) is 29.7 Å². The van der Waals surface area contributed by atoms with Crippen molar-refractivity contribution in [2.24, 2.45) is 0 Å². The van der Waals surface area contributed by atoms with Gasteiger partial charge in [-0.15, -0.1) is 12.3 Å². The van der Waals surface area contributed by atoms with E-state index in [4.69, 9.17) is 11.5 Å². The number of aromatic carboxylic acids is 1. The number of hydrogen-bond acceptors (Lipinski definition) is 3. The van der Waals surface area contributed by atoms with Crippen molar-refractivity contribution < 1.29 is 9.90 Å². The fourth-order valence-electron chi connectivity index (χ4n) is 1.14. The topological polar surface area (TPSA) is 53.4 Å². The van der Waals surface area contributed by atoms with Crippen LogP contribution in [0.1, 0.15) is 16.9 Å². The van der Waals surface area contributed by atoms with Gasteiger partial charge in [-0.1, -0.05) is 0 Å². The molecule has 0 bridgehead atoms. The predicted molar refractivity (Wildman–Crippen MR) is 57.9 cm³/mol. The Morgan fingerprint density at radius 1 is 1.73 bits per heavy atom. The lowest BCUT2D eigenvalue weighted by Crippen LogP contribution is -2.18. The average molecular weight is 204 g/mol. The number of anilines is 1. The minimum Gasteiger partial charge on any atom is -0.477 e. The Labute approximate surface area is 88.6 Å². The highest BCUT2D eigenvalue weighted by Crippen LogP contribution is 2.12. The maximum Gasteiger partial charge on any atom is 0.354 e. The van der Waals surface area contributed by atoms with Gasteiger partial charge in [-0.25, -0.2) is 9.78 Å². The molecule has 4 heteroatoms. The first-order valence-electron chi connectivity index (χ1n) is 4.49. The Kier molecular flexibility index (Phi) is 3.69. The number of carboxylic acid groups (broad SMARTS) is 1. The Morgan fingerprint density at radius 3 is 3.07 bits per heavy atom. The van der Waals surface area contributed by atoms with Crippen LogP contribution in [0.15, 0.2) is 18.3 Å². The van der Waals surface area contributed by atoms with Crippen LogP contribution >= 0.6 is 0 Å². The molecule has 0 radical (unpaired) electrons. The fraction of sp³-hybridized carbons (Fsp3) is 0.273. The Balaban J connectivity index is 2.81. The minimum atomic E-state index is -1.03. The molecule has 1 heterocycles. The van der Waals surface area contributed by atoms with Gasteiger partial charge in [-0.2, -0.15) is 0 Å². The van der Waals surface area contributed by atoms with E-state index in [1.165, 1.54) is 12.3 Å². The number of nitrogens with zero attached hydrogens (tertiary/aromatic N) is 2. The van der Waals surface area contributed by atoms with Crippen LogP contribution in [0.4, 0.5) is 5.69 Å². The zero-order chi connectivity index (χ0) is 11.3. The van der Waals surface area contributed by atoms with Crippen molar-refractivity contribution in [3.63, 3.8) is 0 Å². The predicted octanol–water partition coefficient (Wildman–Crippen LogP) is 1.24. The highest BCUT2D eigenvalue weighted by Gasteiger charge is 2.06. The van der Waals surface area contributed by atoms with Crippen molar-refractivity contribution >= 4 is 11.7 Å². The van der Waals surface area contributed by atoms with Gasteiger partial charge in [0, 0.05) is 31.9 Å². The maximum atomic E-state index is 10.7. The molecule has 0 spiro atoms. The molecule has 0 amide bonds. The summed E-state index contributed by atoms with van der Waals surface area (Å²) in [7, 11) is 1.86. The summed E-state index contributed by atoms with van der Waals surface area (Å²) in [6.45, 7) is 0.694. The van der Waals surface area contributed by atoms with Crippen molar-refractivity contribution in [2.45, 2.75) is 6.42 Å². The summed E-state index contributed by atoms with van der Waals surface area (Å²) in [5.74, 6) is 1.51. The van der Waals surface area contributed by atoms with Gasteiger partial charge in [0.2, 0.25) is 0 Å². The van der Waals surface area contributed by atoms with Crippen LogP contribution in [-0.2, 0) is 0 Å². The number of terminal acetylenes is 1. The zero-order valence-electron chi connectivity index (χ0n) is 8.47. The normalized spacial score (nSPS) is 9.33. The SMILES string of the molecule is C#CCCN(C)c1ccnc(C(=O)O)c1. The van der Waals surface area contributed by atoms with Gasteiger partial charge < -0.3 is 10.0 Å². The summed E-state index contributed by atoms with van der Waals surface area (Å²) in [6.07, 6.45) is 7.25. The monoisotopic (exact) mass is 204 g/mol. The van der Waals surface area contributed by atoms with Crippen LogP contribution in [0, 0.1) is 12.3 Å². The molecule has 1 rings (SSSR count). The van der Waals surface area contributed by atoms with Gasteiger partial charge in [-0.05, 0) is 12.1 Å². The highest BCUT2D eigenvalue weighted by atomic mass is 16.4. The summed E-state index contributed by atoms with van der Waals surface area (Å²) in [4.78, 5) is 16.3. The van der Waals surface area contributed by atoms with Gasteiger partial charge >= 0.3 is 5.97 Å². The third-order valence-electron chi connectivity index (χ3n) is 1.99. The van der Waals surface area contributed by atoms with E-state index in [9.17, 15) is 4.79 Å². The number of pyridine rings is 1. The first-order valence-corrected chi connectivity index (χ1v) is 4.49. The van der Waals surface area contributed by atoms with Crippen molar-refractivity contribution in [1.29, 1.82) is 0 Å². The van der Waals surface area contributed by atoms with E-state index in [2.05, 4.69) is 10.9 Å². The molecule has 0 aromatic carbocycles. The van der Waals surface area contributed by atoms with Gasteiger partial charge in [0.05, 0.1) is 0 Å².